The van der Waals surface area contributed by atoms with Crippen molar-refractivity contribution in [2.24, 2.45) is 0 Å². The third-order valence-electron chi connectivity index (χ3n) is 3.04. The second-order valence-electron chi connectivity index (χ2n) is 4.69. The van der Waals surface area contributed by atoms with Crippen LogP contribution in [0.5, 0.6) is 0 Å². The van der Waals surface area contributed by atoms with E-state index < -0.39 is 17.9 Å². The summed E-state index contributed by atoms with van der Waals surface area (Å²) in [5.74, 6) is -1.65. The second-order valence-corrected chi connectivity index (χ2v) is 4.69. The fraction of sp³-hybridized carbons (Fsp3) is 0.143. The van der Waals surface area contributed by atoms with Crippen LogP contribution in [-0.4, -0.2) is 25.3 Å². The standard InChI is InChI=1S/C14H10F3N5O/c15-14(16,17)13-19-7-9(8-20-13)21-12(23)6-10-2-1-3-11-18-4-5-22(10)11/h1-5,7-8H,6H2,(H,21,23). The van der Waals surface area contributed by atoms with Gasteiger partial charge in [0, 0.05) is 18.1 Å². The Labute approximate surface area is 128 Å². The monoisotopic (exact) mass is 321 g/mol. The summed E-state index contributed by atoms with van der Waals surface area (Å²) in [7, 11) is 0. The second kappa shape index (κ2) is 5.67. The van der Waals surface area contributed by atoms with Gasteiger partial charge in [0.1, 0.15) is 5.65 Å². The van der Waals surface area contributed by atoms with E-state index in [-0.39, 0.29) is 12.1 Å². The van der Waals surface area contributed by atoms with Crippen LogP contribution in [0, 0.1) is 0 Å². The number of nitrogens with zero attached hydrogens (tertiary/aromatic N) is 4. The van der Waals surface area contributed by atoms with Crippen LogP contribution in [0.3, 0.4) is 0 Å². The van der Waals surface area contributed by atoms with Gasteiger partial charge in [0.25, 0.3) is 0 Å². The number of halogens is 3. The van der Waals surface area contributed by atoms with Crippen LogP contribution in [0.4, 0.5) is 18.9 Å². The number of fused-ring (bicyclic) bond motifs is 1. The third kappa shape index (κ3) is 3.28. The van der Waals surface area contributed by atoms with E-state index in [9.17, 15) is 18.0 Å². The highest BCUT2D eigenvalue weighted by atomic mass is 19.4. The molecule has 0 aliphatic carbocycles. The minimum atomic E-state index is -4.61. The highest BCUT2D eigenvalue weighted by Gasteiger charge is 2.34. The lowest BCUT2D eigenvalue weighted by Gasteiger charge is -2.08. The van der Waals surface area contributed by atoms with Gasteiger partial charge in [0.15, 0.2) is 0 Å². The molecule has 23 heavy (non-hydrogen) atoms. The number of hydrogen-bond acceptors (Lipinski definition) is 4. The van der Waals surface area contributed by atoms with E-state index in [2.05, 4.69) is 20.3 Å². The first kappa shape index (κ1) is 14.9. The number of aromatic nitrogens is 4. The Kier molecular flexibility index (Phi) is 3.68. The lowest BCUT2D eigenvalue weighted by molar-refractivity contribution is -0.144. The van der Waals surface area contributed by atoms with E-state index in [1.807, 2.05) is 0 Å². The number of imidazole rings is 1. The molecule has 0 saturated heterocycles. The van der Waals surface area contributed by atoms with Crippen molar-refractivity contribution in [1.29, 1.82) is 0 Å². The average molecular weight is 321 g/mol. The molecule has 0 radical (unpaired) electrons. The van der Waals surface area contributed by atoms with Gasteiger partial charge in [-0.3, -0.25) is 4.79 Å². The summed E-state index contributed by atoms with van der Waals surface area (Å²) < 4.78 is 38.9. The van der Waals surface area contributed by atoms with Crippen molar-refractivity contribution in [3.05, 3.63) is 54.5 Å². The van der Waals surface area contributed by atoms with Crippen molar-refractivity contribution in [3.8, 4) is 0 Å². The smallest absolute Gasteiger partial charge is 0.323 e. The Morgan fingerprint density at radius 1 is 1.17 bits per heavy atom. The largest absolute Gasteiger partial charge is 0.451 e. The van der Waals surface area contributed by atoms with Gasteiger partial charge in [-0.2, -0.15) is 13.2 Å². The summed E-state index contributed by atoms with van der Waals surface area (Å²) in [6, 6.07) is 5.33. The Bertz CT molecular complexity index is 841. The summed E-state index contributed by atoms with van der Waals surface area (Å²) >= 11 is 0. The van der Waals surface area contributed by atoms with Crippen LogP contribution in [-0.2, 0) is 17.4 Å². The Hall–Kier alpha value is -2.97. The molecule has 0 bridgehead atoms. The van der Waals surface area contributed by atoms with Crippen molar-refractivity contribution in [1.82, 2.24) is 19.4 Å². The van der Waals surface area contributed by atoms with Crippen molar-refractivity contribution in [3.63, 3.8) is 0 Å². The van der Waals surface area contributed by atoms with Gasteiger partial charge in [-0.1, -0.05) is 6.07 Å². The summed E-state index contributed by atoms with van der Waals surface area (Å²) in [4.78, 5) is 22.5. The Morgan fingerprint density at radius 3 is 2.61 bits per heavy atom. The van der Waals surface area contributed by atoms with Crippen molar-refractivity contribution in [2.45, 2.75) is 12.6 Å². The first-order valence-electron chi connectivity index (χ1n) is 6.53. The summed E-state index contributed by atoms with van der Waals surface area (Å²) in [6.07, 6.45) is 0.602. The molecule has 3 aromatic rings. The molecule has 0 saturated carbocycles. The number of amides is 1. The zero-order valence-corrected chi connectivity index (χ0v) is 11.6. The molecule has 118 valence electrons. The fourth-order valence-electron chi connectivity index (χ4n) is 2.06. The third-order valence-corrected chi connectivity index (χ3v) is 3.04. The number of hydrogen-bond donors (Lipinski definition) is 1. The maximum absolute atomic E-state index is 12.4. The first-order valence-corrected chi connectivity index (χ1v) is 6.53. The zero-order chi connectivity index (χ0) is 16.4. The van der Waals surface area contributed by atoms with Crippen LogP contribution in [0.15, 0.2) is 43.0 Å². The minimum absolute atomic E-state index is 0.0364. The van der Waals surface area contributed by atoms with Gasteiger partial charge < -0.3 is 9.72 Å². The van der Waals surface area contributed by atoms with Crippen molar-refractivity contribution < 1.29 is 18.0 Å². The maximum Gasteiger partial charge on any atom is 0.451 e. The molecule has 0 spiro atoms. The highest BCUT2D eigenvalue weighted by molar-refractivity contribution is 5.91. The van der Waals surface area contributed by atoms with Crippen LogP contribution < -0.4 is 5.32 Å². The van der Waals surface area contributed by atoms with E-state index >= 15 is 0 Å². The molecule has 0 aliphatic rings. The predicted molar refractivity (Wildman–Crippen MR) is 74.6 cm³/mol. The van der Waals surface area contributed by atoms with E-state index in [4.69, 9.17) is 0 Å². The van der Waals surface area contributed by atoms with Gasteiger partial charge in [-0.25, -0.2) is 15.0 Å². The number of anilines is 1. The Balaban J connectivity index is 1.71. The first-order chi connectivity index (χ1) is 10.9. The summed E-state index contributed by atoms with van der Waals surface area (Å²) in [5, 5.41) is 2.46. The van der Waals surface area contributed by atoms with E-state index in [1.54, 1.807) is 35.0 Å². The number of nitrogens with one attached hydrogen (secondary N) is 1. The maximum atomic E-state index is 12.4. The molecule has 0 aliphatic heterocycles. The number of rotatable bonds is 3. The predicted octanol–water partition coefficient (Wildman–Crippen LogP) is 2.32. The van der Waals surface area contributed by atoms with Gasteiger partial charge in [-0.15, -0.1) is 0 Å². The van der Waals surface area contributed by atoms with Crippen LogP contribution >= 0.6 is 0 Å². The molecule has 0 fully saturated rings. The molecule has 6 nitrogen and oxygen atoms in total. The summed E-state index contributed by atoms with van der Waals surface area (Å²) in [5.41, 5.74) is 1.50. The summed E-state index contributed by atoms with van der Waals surface area (Å²) in [6.45, 7) is 0. The molecule has 1 N–H and O–H groups in total. The molecule has 3 rings (SSSR count). The normalized spacial score (nSPS) is 11.6. The molecule has 0 aromatic carbocycles. The molecule has 3 heterocycles. The number of carbonyl (C=O) groups is 1. The lowest BCUT2D eigenvalue weighted by Crippen LogP contribution is -2.17. The van der Waals surface area contributed by atoms with E-state index in [0.29, 0.717) is 11.3 Å². The van der Waals surface area contributed by atoms with Gasteiger partial charge in [0.05, 0.1) is 24.5 Å². The van der Waals surface area contributed by atoms with Crippen molar-refractivity contribution >= 4 is 17.2 Å². The molecule has 0 unspecified atom stereocenters. The van der Waals surface area contributed by atoms with Gasteiger partial charge in [-0.05, 0) is 12.1 Å². The van der Waals surface area contributed by atoms with Crippen LogP contribution in [0.1, 0.15) is 11.5 Å². The SMILES string of the molecule is O=C(Cc1cccc2nccn12)Nc1cnc(C(F)(F)F)nc1. The zero-order valence-electron chi connectivity index (χ0n) is 11.6. The van der Waals surface area contributed by atoms with Crippen LogP contribution in [0.25, 0.3) is 5.65 Å². The quantitative estimate of drug-likeness (QED) is 0.803. The molecular formula is C14H10F3N5O. The molecule has 9 heteroatoms. The number of carbonyl (C=O) groups excluding carboxylic acids is 1. The average Bonchev–Trinajstić information content (AvgIpc) is 2.96. The number of pyridine rings is 1. The van der Waals surface area contributed by atoms with E-state index in [1.165, 1.54) is 0 Å². The molecule has 0 atom stereocenters. The molecular weight excluding hydrogens is 311 g/mol. The van der Waals surface area contributed by atoms with Crippen LogP contribution in [0.2, 0.25) is 0 Å². The minimum Gasteiger partial charge on any atom is -0.323 e. The Morgan fingerprint density at radius 2 is 1.91 bits per heavy atom. The van der Waals surface area contributed by atoms with Gasteiger partial charge >= 0.3 is 6.18 Å². The molecule has 1 amide bonds. The number of alkyl halides is 3. The van der Waals surface area contributed by atoms with E-state index in [0.717, 1.165) is 12.4 Å². The van der Waals surface area contributed by atoms with Gasteiger partial charge in [0.2, 0.25) is 11.7 Å². The highest BCUT2D eigenvalue weighted by Crippen LogP contribution is 2.25. The lowest BCUT2D eigenvalue weighted by atomic mass is 10.2. The molecule has 3 aromatic heterocycles. The fourth-order valence-corrected chi connectivity index (χ4v) is 2.06. The topological polar surface area (TPSA) is 72.2 Å². The van der Waals surface area contributed by atoms with Crippen molar-refractivity contribution in [2.75, 3.05) is 5.32 Å².